The number of aliphatic hydroxyl groups is 1. The van der Waals surface area contributed by atoms with Gasteiger partial charge in [-0.15, -0.1) is 0 Å². The van der Waals surface area contributed by atoms with Crippen molar-refractivity contribution in [3.63, 3.8) is 0 Å². The van der Waals surface area contributed by atoms with Crippen molar-refractivity contribution >= 4 is 52.1 Å². The minimum absolute atomic E-state index is 0.0332. The Labute approximate surface area is 245 Å². The van der Waals surface area contributed by atoms with Gasteiger partial charge in [-0.1, -0.05) is 6.92 Å². The molecule has 0 radical (unpaired) electrons. The van der Waals surface area contributed by atoms with Gasteiger partial charge in [0.15, 0.2) is 34.7 Å². The minimum Gasteiger partial charge on any atom is -0.505 e. The first-order valence-electron chi connectivity index (χ1n) is 13.8. The highest BCUT2D eigenvalue weighted by atomic mass is 19.1. The molecule has 3 aliphatic rings. The number of urea groups is 1. The molecule has 5 atom stereocenters. The third-order valence-electron chi connectivity index (χ3n) is 8.79. The number of nitrogens with two attached hydrogens (primary N) is 1. The second-order valence-electron chi connectivity index (χ2n) is 11.5. The third kappa shape index (κ3) is 4.63. The summed E-state index contributed by atoms with van der Waals surface area (Å²) in [6, 6.07) is 4.71. The van der Waals surface area contributed by atoms with E-state index in [-0.39, 0.29) is 24.1 Å². The fourth-order valence-corrected chi connectivity index (χ4v) is 6.72. The number of phenolic OH excluding ortho intramolecular Hbond substituents is 1. The standard InChI is InChI=1S/C30H31FN4O8/c1-4-12-8-15(5-6-17(12)31)33-29(42)34-18-11-19(35(2)3)16-9-13-7-14-10-20(36)23(28(32)41)27(40)30(14,43)26(39)21(13)25(38)22(16)24(18)37/h5-6,8,11,13-14,21,23,37,43H,4,7,9-10H2,1-3H3,(H2,32,41)(H2,33,34,42)/t13-,14+,21?,23?,30+/m1/s1. The SMILES string of the molecule is CCc1cc(NC(=O)Nc2cc(N(C)C)c3c(c2O)C(=O)C2C(=O)[C@]4(O)C(=O)C(C(N)=O)C(=O)C[C@@H]4C[C@@H]2C3)ccc1F. The van der Waals surface area contributed by atoms with Gasteiger partial charge in [0, 0.05) is 37.8 Å². The number of carbonyl (C=O) groups excluding carboxylic acids is 6. The van der Waals surface area contributed by atoms with E-state index in [9.17, 15) is 43.4 Å². The Hall–Kier alpha value is -4.65. The maximum atomic E-state index is 13.9. The predicted octanol–water partition coefficient (Wildman–Crippen LogP) is 1.74. The average Bonchev–Trinajstić information content (AvgIpc) is 2.92. The summed E-state index contributed by atoms with van der Waals surface area (Å²) in [7, 11) is 3.37. The molecule has 3 amide bonds. The van der Waals surface area contributed by atoms with Crippen LogP contribution in [0.3, 0.4) is 0 Å². The van der Waals surface area contributed by atoms with Crippen molar-refractivity contribution in [1.82, 2.24) is 0 Å². The zero-order chi connectivity index (χ0) is 31.5. The minimum atomic E-state index is -2.76. The van der Waals surface area contributed by atoms with E-state index < -0.39 is 82.3 Å². The molecule has 2 fully saturated rings. The molecule has 226 valence electrons. The summed E-state index contributed by atoms with van der Waals surface area (Å²) in [5, 5.41) is 27.7. The van der Waals surface area contributed by atoms with Crippen molar-refractivity contribution in [1.29, 1.82) is 0 Å². The molecule has 0 bridgehead atoms. The molecular formula is C30H31FN4O8. The van der Waals surface area contributed by atoms with Crippen molar-refractivity contribution in [2.24, 2.45) is 29.4 Å². The van der Waals surface area contributed by atoms with E-state index in [1.54, 1.807) is 25.9 Å². The molecule has 5 rings (SSSR count). The van der Waals surface area contributed by atoms with Crippen molar-refractivity contribution in [3.8, 4) is 5.75 Å². The van der Waals surface area contributed by atoms with Crippen LogP contribution in [0.4, 0.5) is 26.2 Å². The number of rotatable bonds is 5. The van der Waals surface area contributed by atoms with Gasteiger partial charge in [0.1, 0.15) is 11.6 Å². The van der Waals surface area contributed by atoms with E-state index in [0.29, 0.717) is 28.9 Å². The summed E-state index contributed by atoms with van der Waals surface area (Å²) in [5.74, 6) is -11.8. The molecule has 0 aliphatic heterocycles. The number of phenols is 1. The van der Waals surface area contributed by atoms with Gasteiger partial charge in [0.2, 0.25) is 5.91 Å². The van der Waals surface area contributed by atoms with Crippen LogP contribution in [0, 0.1) is 29.5 Å². The first-order valence-corrected chi connectivity index (χ1v) is 13.8. The molecule has 6 N–H and O–H groups in total. The van der Waals surface area contributed by atoms with Gasteiger partial charge in [0.25, 0.3) is 0 Å². The zero-order valence-electron chi connectivity index (χ0n) is 23.7. The van der Waals surface area contributed by atoms with Crippen LogP contribution in [-0.4, -0.2) is 65.0 Å². The number of carbonyl (C=O) groups is 6. The number of halogens is 1. The van der Waals surface area contributed by atoms with E-state index in [0.717, 1.165) is 0 Å². The monoisotopic (exact) mass is 594 g/mol. The van der Waals surface area contributed by atoms with Crippen LogP contribution in [0.25, 0.3) is 0 Å². The molecule has 0 saturated heterocycles. The quantitative estimate of drug-likeness (QED) is 0.253. The predicted molar refractivity (Wildman–Crippen MR) is 151 cm³/mol. The Morgan fingerprint density at radius 1 is 1.09 bits per heavy atom. The summed E-state index contributed by atoms with van der Waals surface area (Å²) in [5.41, 5.74) is 3.59. The van der Waals surface area contributed by atoms with Crippen LogP contribution < -0.4 is 21.3 Å². The molecule has 2 unspecified atom stereocenters. The van der Waals surface area contributed by atoms with Crippen molar-refractivity contribution in [3.05, 3.63) is 46.8 Å². The largest absolute Gasteiger partial charge is 0.505 e. The molecule has 43 heavy (non-hydrogen) atoms. The summed E-state index contributed by atoms with van der Waals surface area (Å²) in [4.78, 5) is 79.7. The van der Waals surface area contributed by atoms with Crippen LogP contribution in [-0.2, 0) is 32.0 Å². The first-order chi connectivity index (χ1) is 20.2. The number of fused-ring (bicyclic) bond motifs is 3. The van der Waals surface area contributed by atoms with E-state index in [2.05, 4.69) is 10.6 Å². The maximum absolute atomic E-state index is 13.9. The first kappa shape index (κ1) is 29.8. The van der Waals surface area contributed by atoms with Crippen LogP contribution in [0.15, 0.2) is 24.3 Å². The Morgan fingerprint density at radius 3 is 2.42 bits per heavy atom. The summed E-state index contributed by atoms with van der Waals surface area (Å²) >= 11 is 0. The van der Waals surface area contributed by atoms with Gasteiger partial charge in [0.05, 0.1) is 17.2 Å². The number of primary amides is 1. The van der Waals surface area contributed by atoms with Crippen LogP contribution in [0.1, 0.15) is 41.3 Å². The Kier molecular flexibility index (Phi) is 7.33. The molecular weight excluding hydrogens is 563 g/mol. The highest BCUT2D eigenvalue weighted by Gasteiger charge is 2.66. The molecule has 0 heterocycles. The molecule has 2 aromatic carbocycles. The highest BCUT2D eigenvalue weighted by molar-refractivity contribution is 6.31. The number of nitrogens with one attached hydrogen (secondary N) is 2. The number of benzene rings is 2. The lowest BCUT2D eigenvalue weighted by atomic mass is 9.53. The van der Waals surface area contributed by atoms with E-state index in [1.807, 2.05) is 0 Å². The van der Waals surface area contributed by atoms with Gasteiger partial charge in [-0.25, -0.2) is 9.18 Å². The van der Waals surface area contributed by atoms with Crippen LogP contribution in [0.5, 0.6) is 5.75 Å². The number of anilines is 3. The molecule has 2 saturated carbocycles. The lowest BCUT2D eigenvalue weighted by Crippen LogP contribution is -2.68. The third-order valence-corrected chi connectivity index (χ3v) is 8.79. The molecule has 0 spiro atoms. The second-order valence-corrected chi connectivity index (χ2v) is 11.5. The van der Waals surface area contributed by atoms with Crippen molar-refractivity contribution < 1.29 is 43.4 Å². The van der Waals surface area contributed by atoms with Gasteiger partial charge >= 0.3 is 6.03 Å². The number of ketones is 4. The Morgan fingerprint density at radius 2 is 1.79 bits per heavy atom. The number of Topliss-reactive ketones (excluding diaryl/α,β-unsaturated/α-hetero) is 4. The van der Waals surface area contributed by atoms with Crippen molar-refractivity contribution in [2.75, 3.05) is 29.6 Å². The van der Waals surface area contributed by atoms with Gasteiger partial charge < -0.3 is 31.5 Å². The van der Waals surface area contributed by atoms with E-state index in [1.165, 1.54) is 24.3 Å². The number of amides is 3. The van der Waals surface area contributed by atoms with Crippen LogP contribution >= 0.6 is 0 Å². The van der Waals surface area contributed by atoms with E-state index >= 15 is 0 Å². The Bertz CT molecular complexity index is 1620. The van der Waals surface area contributed by atoms with Crippen LogP contribution in [0.2, 0.25) is 0 Å². The second kappa shape index (κ2) is 10.6. The summed E-state index contributed by atoms with van der Waals surface area (Å²) < 4.78 is 13.9. The lowest BCUT2D eigenvalue weighted by molar-refractivity contribution is -0.175. The fraction of sp³-hybridized carbons (Fsp3) is 0.400. The van der Waals surface area contributed by atoms with Gasteiger partial charge in [-0.05, 0) is 60.6 Å². The normalized spacial score (nSPS) is 26.3. The topological polar surface area (TPSA) is 196 Å². The summed E-state index contributed by atoms with van der Waals surface area (Å²) in [6.07, 6.45) is 0.0251. The lowest BCUT2D eigenvalue weighted by Gasteiger charge is -2.48. The average molecular weight is 595 g/mol. The number of aromatic hydroxyl groups is 1. The smallest absolute Gasteiger partial charge is 0.323 e. The number of hydrogen-bond acceptors (Lipinski definition) is 9. The number of hydrogen-bond donors (Lipinski definition) is 5. The van der Waals surface area contributed by atoms with Gasteiger partial charge in [-0.2, -0.15) is 0 Å². The zero-order valence-corrected chi connectivity index (χ0v) is 23.7. The van der Waals surface area contributed by atoms with E-state index in [4.69, 9.17) is 5.73 Å². The summed E-state index contributed by atoms with van der Waals surface area (Å²) in [6.45, 7) is 1.76. The maximum Gasteiger partial charge on any atom is 0.323 e. The molecule has 0 aromatic heterocycles. The molecule has 12 nitrogen and oxygen atoms in total. The molecule has 2 aromatic rings. The number of aryl methyl sites for hydroxylation is 1. The van der Waals surface area contributed by atoms with Gasteiger partial charge in [-0.3, -0.25) is 24.0 Å². The molecule has 3 aliphatic carbocycles. The van der Waals surface area contributed by atoms with Crippen molar-refractivity contribution in [2.45, 2.75) is 38.2 Å². The number of nitrogens with zero attached hydrogens (tertiary/aromatic N) is 1. The Balaban J connectivity index is 1.51. The highest BCUT2D eigenvalue weighted by Crippen LogP contribution is 2.52. The molecule has 13 heteroatoms. The fourth-order valence-electron chi connectivity index (χ4n) is 6.72.